The highest BCUT2D eigenvalue weighted by Crippen LogP contribution is 2.36. The third kappa shape index (κ3) is 3.61. The van der Waals surface area contributed by atoms with Gasteiger partial charge in [-0.05, 0) is 49.2 Å². The minimum atomic E-state index is -0.459. The summed E-state index contributed by atoms with van der Waals surface area (Å²) in [5.74, 6) is 0.385. The number of nitrogens with zero attached hydrogens (tertiary/aromatic N) is 4. The van der Waals surface area contributed by atoms with Gasteiger partial charge in [-0.2, -0.15) is 0 Å². The number of hydrogen-bond donors (Lipinski definition) is 1. The summed E-state index contributed by atoms with van der Waals surface area (Å²) < 4.78 is 0. The molecule has 2 aromatic carbocycles. The minimum absolute atomic E-state index is 0.160. The van der Waals surface area contributed by atoms with Gasteiger partial charge in [0.1, 0.15) is 6.33 Å². The van der Waals surface area contributed by atoms with Gasteiger partial charge in [-0.25, -0.2) is 9.97 Å². The molecule has 0 radical (unpaired) electrons. The Hall–Kier alpha value is -3.48. The quantitative estimate of drug-likeness (QED) is 0.539. The fraction of sp³-hybridized carbons (Fsp3) is 0.158. The Bertz CT molecular complexity index is 924. The second kappa shape index (κ2) is 7.18. The number of rotatable bonds is 5. The van der Waals surface area contributed by atoms with Crippen molar-refractivity contribution >= 4 is 28.7 Å². The second-order valence-electron chi connectivity index (χ2n) is 6.05. The smallest absolute Gasteiger partial charge is 0.334 e. The number of aromatic nitrogens is 2. The molecule has 0 saturated heterocycles. The van der Waals surface area contributed by atoms with Gasteiger partial charge in [0.25, 0.3) is 0 Å². The Morgan fingerprint density at radius 1 is 1.04 bits per heavy atom. The number of benzene rings is 2. The molecular formula is C19H19N5O2. The predicted molar refractivity (Wildman–Crippen MR) is 102 cm³/mol. The first kappa shape index (κ1) is 17.3. The Morgan fingerprint density at radius 2 is 1.69 bits per heavy atom. The first-order valence-electron chi connectivity index (χ1n) is 8.09. The van der Waals surface area contributed by atoms with Crippen LogP contribution >= 0.6 is 0 Å². The van der Waals surface area contributed by atoms with E-state index in [4.69, 9.17) is 0 Å². The number of anilines is 4. The van der Waals surface area contributed by atoms with E-state index in [0.717, 1.165) is 22.5 Å². The van der Waals surface area contributed by atoms with Crippen LogP contribution in [-0.4, -0.2) is 21.9 Å². The number of aryl methyl sites for hydroxylation is 2. The van der Waals surface area contributed by atoms with Crippen LogP contribution in [0, 0.1) is 24.0 Å². The monoisotopic (exact) mass is 349 g/mol. The van der Waals surface area contributed by atoms with Crippen molar-refractivity contribution in [3.63, 3.8) is 0 Å². The van der Waals surface area contributed by atoms with Gasteiger partial charge in [0.15, 0.2) is 0 Å². The molecule has 0 unspecified atom stereocenters. The molecule has 7 nitrogen and oxygen atoms in total. The fourth-order valence-corrected chi connectivity index (χ4v) is 2.83. The minimum Gasteiger partial charge on any atom is -0.334 e. The molecule has 0 aliphatic rings. The van der Waals surface area contributed by atoms with Crippen LogP contribution < -0.4 is 10.2 Å². The summed E-state index contributed by atoms with van der Waals surface area (Å²) in [5.41, 5.74) is 3.50. The van der Waals surface area contributed by atoms with Crippen molar-refractivity contribution in [3.05, 3.63) is 76.1 Å². The van der Waals surface area contributed by atoms with Gasteiger partial charge in [-0.3, -0.25) is 10.1 Å². The SMILES string of the molecule is Cc1cc(C)cc(Nc2ncnc(N(C)c3ccccc3)c2[N+](=O)[O-])c1. The van der Waals surface area contributed by atoms with Crippen molar-refractivity contribution in [1.82, 2.24) is 9.97 Å². The molecular weight excluding hydrogens is 330 g/mol. The summed E-state index contributed by atoms with van der Waals surface area (Å²) >= 11 is 0. The van der Waals surface area contributed by atoms with E-state index in [1.54, 1.807) is 11.9 Å². The Labute approximate surface area is 151 Å². The van der Waals surface area contributed by atoms with Crippen molar-refractivity contribution in [3.8, 4) is 0 Å². The molecule has 0 spiro atoms. The first-order valence-corrected chi connectivity index (χ1v) is 8.09. The van der Waals surface area contributed by atoms with Crippen LogP contribution in [0.3, 0.4) is 0 Å². The van der Waals surface area contributed by atoms with Gasteiger partial charge >= 0.3 is 5.69 Å². The lowest BCUT2D eigenvalue weighted by Crippen LogP contribution is -2.15. The number of para-hydroxylation sites is 1. The molecule has 0 fully saturated rings. The van der Waals surface area contributed by atoms with Crippen LogP contribution in [0.25, 0.3) is 0 Å². The van der Waals surface area contributed by atoms with Gasteiger partial charge in [-0.1, -0.05) is 24.3 Å². The first-order chi connectivity index (χ1) is 12.5. The Balaban J connectivity index is 2.05. The van der Waals surface area contributed by atoms with Gasteiger partial charge in [0.2, 0.25) is 11.6 Å². The van der Waals surface area contributed by atoms with Crippen molar-refractivity contribution in [2.45, 2.75) is 13.8 Å². The topological polar surface area (TPSA) is 84.2 Å². The largest absolute Gasteiger partial charge is 0.354 e. The van der Waals surface area contributed by atoms with Crippen LogP contribution in [0.2, 0.25) is 0 Å². The number of nitrogens with one attached hydrogen (secondary N) is 1. The highest BCUT2D eigenvalue weighted by Gasteiger charge is 2.26. The molecule has 7 heteroatoms. The van der Waals surface area contributed by atoms with Gasteiger partial charge < -0.3 is 10.2 Å². The average molecular weight is 349 g/mol. The highest BCUT2D eigenvalue weighted by atomic mass is 16.6. The lowest BCUT2D eigenvalue weighted by Gasteiger charge is -2.19. The molecule has 1 heterocycles. The Morgan fingerprint density at radius 3 is 2.31 bits per heavy atom. The molecule has 132 valence electrons. The summed E-state index contributed by atoms with van der Waals surface area (Å²) in [5, 5.41) is 14.8. The summed E-state index contributed by atoms with van der Waals surface area (Å²) in [6.07, 6.45) is 1.33. The predicted octanol–water partition coefficient (Wildman–Crippen LogP) is 4.51. The van der Waals surface area contributed by atoms with Crippen molar-refractivity contribution < 1.29 is 4.92 Å². The summed E-state index contributed by atoms with van der Waals surface area (Å²) in [6, 6.07) is 15.2. The van der Waals surface area contributed by atoms with E-state index in [-0.39, 0.29) is 17.3 Å². The molecule has 0 amide bonds. The number of hydrogen-bond acceptors (Lipinski definition) is 6. The van der Waals surface area contributed by atoms with Gasteiger partial charge in [0.05, 0.1) is 4.92 Å². The van der Waals surface area contributed by atoms with E-state index in [1.165, 1.54) is 6.33 Å². The summed E-state index contributed by atoms with van der Waals surface area (Å²) in [7, 11) is 1.74. The third-order valence-corrected chi connectivity index (χ3v) is 3.93. The van der Waals surface area contributed by atoms with E-state index < -0.39 is 4.92 Å². The van der Waals surface area contributed by atoms with Crippen LogP contribution in [0.4, 0.5) is 28.7 Å². The molecule has 0 atom stereocenters. The lowest BCUT2D eigenvalue weighted by atomic mass is 10.1. The second-order valence-corrected chi connectivity index (χ2v) is 6.05. The zero-order chi connectivity index (χ0) is 18.7. The van der Waals surface area contributed by atoms with Gasteiger partial charge in [-0.15, -0.1) is 0 Å². The molecule has 26 heavy (non-hydrogen) atoms. The zero-order valence-electron chi connectivity index (χ0n) is 14.8. The van der Waals surface area contributed by atoms with Crippen LogP contribution in [-0.2, 0) is 0 Å². The molecule has 3 rings (SSSR count). The average Bonchev–Trinajstić information content (AvgIpc) is 2.60. The third-order valence-electron chi connectivity index (χ3n) is 3.93. The van der Waals surface area contributed by atoms with Crippen molar-refractivity contribution in [1.29, 1.82) is 0 Å². The zero-order valence-corrected chi connectivity index (χ0v) is 14.8. The van der Waals surface area contributed by atoms with E-state index >= 15 is 0 Å². The summed E-state index contributed by atoms with van der Waals surface area (Å²) in [6.45, 7) is 3.95. The summed E-state index contributed by atoms with van der Waals surface area (Å²) in [4.78, 5) is 21.2. The lowest BCUT2D eigenvalue weighted by molar-refractivity contribution is -0.383. The van der Waals surface area contributed by atoms with Crippen LogP contribution in [0.5, 0.6) is 0 Å². The maximum atomic E-state index is 11.8. The normalized spacial score (nSPS) is 10.4. The van der Waals surface area contributed by atoms with Crippen molar-refractivity contribution in [2.75, 3.05) is 17.3 Å². The van der Waals surface area contributed by atoms with E-state index in [0.29, 0.717) is 0 Å². The van der Waals surface area contributed by atoms with Crippen LogP contribution in [0.1, 0.15) is 11.1 Å². The molecule has 0 aliphatic heterocycles. The van der Waals surface area contributed by atoms with E-state index in [2.05, 4.69) is 15.3 Å². The van der Waals surface area contributed by atoms with Crippen LogP contribution in [0.15, 0.2) is 54.9 Å². The standard InChI is InChI=1S/C19H19N5O2/c1-13-9-14(2)11-15(10-13)22-18-17(24(25)26)19(21-12-20-18)23(3)16-7-5-4-6-8-16/h4-12H,1-3H3,(H,20,21,22). The molecule has 0 aliphatic carbocycles. The van der Waals surface area contributed by atoms with Crippen molar-refractivity contribution in [2.24, 2.45) is 0 Å². The van der Waals surface area contributed by atoms with E-state index in [9.17, 15) is 10.1 Å². The highest BCUT2D eigenvalue weighted by molar-refractivity contribution is 5.78. The molecule has 1 aromatic heterocycles. The fourth-order valence-electron chi connectivity index (χ4n) is 2.83. The molecule has 0 saturated carbocycles. The molecule has 3 aromatic rings. The van der Waals surface area contributed by atoms with E-state index in [1.807, 2.05) is 62.4 Å². The maximum Gasteiger partial charge on any atom is 0.354 e. The Kier molecular flexibility index (Phi) is 4.79. The number of nitro groups is 1. The van der Waals surface area contributed by atoms with Gasteiger partial charge in [0, 0.05) is 18.4 Å². The molecule has 0 bridgehead atoms. The maximum absolute atomic E-state index is 11.8. The molecule has 1 N–H and O–H groups in total.